The first-order chi connectivity index (χ1) is 15.3. The second-order valence-corrected chi connectivity index (χ2v) is 8.31. The normalized spacial score (nSPS) is 18.0. The van der Waals surface area contributed by atoms with Gasteiger partial charge < -0.3 is 18.9 Å². The van der Waals surface area contributed by atoms with Crippen molar-refractivity contribution >= 4 is 28.6 Å². The van der Waals surface area contributed by atoms with Crippen LogP contribution in [0.2, 0.25) is 5.15 Å². The molecule has 0 amide bonds. The lowest BCUT2D eigenvalue weighted by molar-refractivity contribution is 0.0369. The molecule has 164 valence electrons. The van der Waals surface area contributed by atoms with E-state index in [1.807, 2.05) is 12.4 Å². The summed E-state index contributed by atoms with van der Waals surface area (Å²) >= 11 is 6.32. The second kappa shape index (κ2) is 9.48. The molecule has 0 unspecified atom stereocenters. The number of hydrogen-bond donors (Lipinski definition) is 0. The van der Waals surface area contributed by atoms with E-state index in [0.29, 0.717) is 24.3 Å². The van der Waals surface area contributed by atoms with Crippen LogP contribution in [0, 0.1) is 0 Å². The molecule has 1 aromatic carbocycles. The van der Waals surface area contributed by atoms with E-state index in [1.54, 1.807) is 0 Å². The average Bonchev–Trinajstić information content (AvgIpc) is 3.22. The monoisotopic (exact) mass is 442 g/mol. The number of morpholine rings is 2. The third-order valence-electron chi connectivity index (χ3n) is 5.87. The van der Waals surface area contributed by atoms with E-state index < -0.39 is 0 Å². The minimum absolute atomic E-state index is 0.445. The van der Waals surface area contributed by atoms with Gasteiger partial charge in [0.1, 0.15) is 5.15 Å². The summed E-state index contributed by atoms with van der Waals surface area (Å²) in [6.07, 6.45) is 3.03. The van der Waals surface area contributed by atoms with Crippen LogP contribution in [0.4, 0.5) is 5.95 Å². The van der Waals surface area contributed by atoms with Crippen LogP contribution in [0.15, 0.2) is 30.6 Å². The number of benzene rings is 1. The number of imidazole rings is 1. The molecule has 0 atom stereocenters. The van der Waals surface area contributed by atoms with E-state index in [0.717, 1.165) is 81.2 Å². The summed E-state index contributed by atoms with van der Waals surface area (Å²) in [5.41, 5.74) is 3.90. The molecule has 5 rings (SSSR count). The summed E-state index contributed by atoms with van der Waals surface area (Å²) in [6, 6.07) is 8.10. The van der Waals surface area contributed by atoms with Crippen molar-refractivity contribution < 1.29 is 9.47 Å². The quantitative estimate of drug-likeness (QED) is 0.543. The molecule has 8 nitrogen and oxygen atoms in total. The number of hydrogen-bond acceptors (Lipinski definition) is 7. The number of anilines is 1. The zero-order chi connectivity index (χ0) is 21.0. The predicted molar refractivity (Wildman–Crippen MR) is 121 cm³/mol. The average molecular weight is 443 g/mol. The Morgan fingerprint density at radius 3 is 2.48 bits per heavy atom. The van der Waals surface area contributed by atoms with Crippen molar-refractivity contribution in [3.05, 3.63) is 35.7 Å². The van der Waals surface area contributed by atoms with Gasteiger partial charge in [0.2, 0.25) is 5.95 Å². The lowest BCUT2D eigenvalue weighted by atomic mass is 10.1. The third kappa shape index (κ3) is 4.82. The van der Waals surface area contributed by atoms with Crippen molar-refractivity contribution in [1.82, 2.24) is 24.4 Å². The minimum Gasteiger partial charge on any atom is -0.379 e. The van der Waals surface area contributed by atoms with Gasteiger partial charge >= 0.3 is 0 Å². The first-order valence-electron chi connectivity index (χ1n) is 10.9. The van der Waals surface area contributed by atoms with Crippen molar-refractivity contribution in [2.75, 3.05) is 64.1 Å². The number of ether oxygens (including phenoxy) is 2. The van der Waals surface area contributed by atoms with Crippen LogP contribution in [-0.2, 0) is 16.0 Å². The maximum Gasteiger partial charge on any atom is 0.227 e. The molecule has 0 saturated carbocycles. The van der Waals surface area contributed by atoms with Crippen LogP contribution in [0.5, 0.6) is 0 Å². The molecule has 0 aliphatic carbocycles. The molecule has 2 aliphatic heterocycles. The van der Waals surface area contributed by atoms with Crippen molar-refractivity contribution in [3.8, 4) is 11.3 Å². The zero-order valence-corrected chi connectivity index (χ0v) is 18.3. The number of rotatable bonds is 6. The third-order valence-corrected chi connectivity index (χ3v) is 6.06. The van der Waals surface area contributed by atoms with Crippen molar-refractivity contribution in [3.63, 3.8) is 0 Å². The molecule has 0 spiro atoms. The summed E-state index contributed by atoms with van der Waals surface area (Å²) < 4.78 is 13.1. The molecule has 4 heterocycles. The van der Waals surface area contributed by atoms with E-state index in [1.165, 1.54) is 0 Å². The Morgan fingerprint density at radius 1 is 0.903 bits per heavy atom. The van der Waals surface area contributed by atoms with Gasteiger partial charge in [-0.25, -0.2) is 15.0 Å². The second-order valence-electron chi connectivity index (χ2n) is 7.92. The van der Waals surface area contributed by atoms with Crippen LogP contribution >= 0.6 is 11.6 Å². The van der Waals surface area contributed by atoms with E-state index in [2.05, 4.69) is 42.5 Å². The maximum atomic E-state index is 6.32. The van der Waals surface area contributed by atoms with Gasteiger partial charge in [0, 0.05) is 50.9 Å². The van der Waals surface area contributed by atoms with Crippen LogP contribution in [-0.4, -0.2) is 83.6 Å². The fourth-order valence-corrected chi connectivity index (χ4v) is 4.33. The standard InChI is InChI=1S/C22H27ClN6O2/c23-21-15-18(25-22(26-21)28-8-12-31-13-9-28)17-2-3-20-19(14-17)24-16-29(20)5-1-4-27-6-10-30-11-7-27/h2-3,14-16H,1,4-13H2. The van der Waals surface area contributed by atoms with E-state index >= 15 is 0 Å². The largest absolute Gasteiger partial charge is 0.379 e. The molecule has 9 heteroatoms. The number of fused-ring (bicyclic) bond motifs is 1. The number of aryl methyl sites for hydroxylation is 1. The number of halogens is 1. The molecule has 2 saturated heterocycles. The Balaban J connectivity index is 1.31. The molecule has 3 aromatic rings. The van der Waals surface area contributed by atoms with Crippen molar-refractivity contribution in [1.29, 1.82) is 0 Å². The number of aromatic nitrogens is 4. The Hall–Kier alpha value is -2.26. The van der Waals surface area contributed by atoms with Gasteiger partial charge in [-0.05, 0) is 18.6 Å². The fourth-order valence-electron chi connectivity index (χ4n) is 4.15. The van der Waals surface area contributed by atoms with Crippen molar-refractivity contribution in [2.24, 2.45) is 0 Å². The number of nitrogens with zero attached hydrogens (tertiary/aromatic N) is 6. The Bertz CT molecular complexity index is 1030. The van der Waals surface area contributed by atoms with Crippen molar-refractivity contribution in [2.45, 2.75) is 13.0 Å². The molecule has 0 N–H and O–H groups in total. The Labute approximate surface area is 186 Å². The first-order valence-corrected chi connectivity index (χ1v) is 11.3. The molecule has 31 heavy (non-hydrogen) atoms. The summed E-state index contributed by atoms with van der Waals surface area (Å²) in [5.74, 6) is 0.652. The Morgan fingerprint density at radius 2 is 1.68 bits per heavy atom. The first kappa shape index (κ1) is 20.6. The van der Waals surface area contributed by atoms with Gasteiger partial charge in [-0.3, -0.25) is 4.90 Å². The van der Waals surface area contributed by atoms with Crippen LogP contribution in [0.1, 0.15) is 6.42 Å². The Kier molecular flexibility index (Phi) is 6.31. The molecule has 2 aromatic heterocycles. The van der Waals surface area contributed by atoms with E-state index in [4.69, 9.17) is 26.1 Å². The predicted octanol–water partition coefficient (Wildman–Crippen LogP) is 2.71. The fraction of sp³-hybridized carbons (Fsp3) is 0.500. The van der Waals surface area contributed by atoms with Gasteiger partial charge in [-0.1, -0.05) is 17.7 Å². The summed E-state index contributed by atoms with van der Waals surface area (Å²) in [5, 5.41) is 0.445. The zero-order valence-electron chi connectivity index (χ0n) is 17.5. The lowest BCUT2D eigenvalue weighted by Crippen LogP contribution is -2.37. The van der Waals surface area contributed by atoms with Gasteiger partial charge in [-0.15, -0.1) is 0 Å². The summed E-state index contributed by atoms with van der Waals surface area (Å²) in [7, 11) is 0. The van der Waals surface area contributed by atoms with Crippen LogP contribution < -0.4 is 4.90 Å². The minimum atomic E-state index is 0.445. The highest BCUT2D eigenvalue weighted by Crippen LogP contribution is 2.26. The molecular weight excluding hydrogens is 416 g/mol. The van der Waals surface area contributed by atoms with Gasteiger partial charge in [0.25, 0.3) is 0 Å². The van der Waals surface area contributed by atoms with Crippen LogP contribution in [0.3, 0.4) is 0 Å². The van der Waals surface area contributed by atoms with E-state index in [9.17, 15) is 0 Å². The highest BCUT2D eigenvalue weighted by molar-refractivity contribution is 6.29. The molecular formula is C22H27ClN6O2. The SMILES string of the molecule is Clc1cc(-c2ccc3c(c2)ncn3CCCN2CCOCC2)nc(N2CCOCC2)n1. The smallest absolute Gasteiger partial charge is 0.227 e. The van der Waals surface area contributed by atoms with Gasteiger partial charge in [-0.2, -0.15) is 0 Å². The van der Waals surface area contributed by atoms with Crippen LogP contribution in [0.25, 0.3) is 22.3 Å². The topological polar surface area (TPSA) is 68.5 Å². The highest BCUT2D eigenvalue weighted by Gasteiger charge is 2.16. The summed E-state index contributed by atoms with van der Waals surface area (Å²) in [4.78, 5) is 18.4. The van der Waals surface area contributed by atoms with Gasteiger partial charge in [0.15, 0.2) is 0 Å². The highest BCUT2D eigenvalue weighted by atomic mass is 35.5. The molecule has 0 bridgehead atoms. The molecule has 2 aliphatic rings. The van der Waals surface area contributed by atoms with Gasteiger partial charge in [0.05, 0.1) is 49.5 Å². The molecule has 0 radical (unpaired) electrons. The lowest BCUT2D eigenvalue weighted by Gasteiger charge is -2.27. The summed E-state index contributed by atoms with van der Waals surface area (Å²) in [6.45, 7) is 8.69. The molecule has 2 fully saturated rings. The van der Waals surface area contributed by atoms with E-state index in [-0.39, 0.29) is 0 Å². The maximum absolute atomic E-state index is 6.32.